The lowest BCUT2D eigenvalue weighted by atomic mass is 10.1. The average molecular weight is 270 g/mol. The summed E-state index contributed by atoms with van der Waals surface area (Å²) in [5, 5.41) is 5.64. The first-order valence-electron chi connectivity index (χ1n) is 6.79. The quantitative estimate of drug-likeness (QED) is 0.715. The molecule has 0 aliphatic rings. The van der Waals surface area contributed by atoms with Crippen molar-refractivity contribution in [3.05, 3.63) is 36.8 Å². The number of rotatable bonds is 5. The molecule has 20 heavy (non-hydrogen) atoms. The van der Waals surface area contributed by atoms with E-state index in [1.807, 2.05) is 4.68 Å². The Hall–Kier alpha value is -2.14. The van der Waals surface area contributed by atoms with Crippen molar-refractivity contribution in [1.29, 1.82) is 0 Å². The zero-order valence-corrected chi connectivity index (χ0v) is 11.8. The molecule has 0 aliphatic heterocycles. The average Bonchev–Trinajstić information content (AvgIpc) is 3.11. The molecule has 2 heterocycles. The van der Waals surface area contributed by atoms with Gasteiger partial charge in [0.05, 0.1) is 6.61 Å². The zero-order valence-electron chi connectivity index (χ0n) is 11.8. The highest BCUT2D eigenvalue weighted by Crippen LogP contribution is 2.22. The molecule has 5 nitrogen and oxygen atoms in total. The van der Waals surface area contributed by atoms with Gasteiger partial charge in [0.2, 0.25) is 0 Å². The minimum atomic E-state index is 0.716. The largest absolute Gasteiger partial charge is 0.383 e. The molecular formula is C15H18N4O. The molecule has 0 saturated heterocycles. The summed E-state index contributed by atoms with van der Waals surface area (Å²) in [5.74, 6) is 0.776. The number of aromatic nitrogens is 4. The molecule has 0 unspecified atom stereocenters. The van der Waals surface area contributed by atoms with Gasteiger partial charge in [-0.3, -0.25) is 4.68 Å². The molecule has 3 rings (SSSR count). The summed E-state index contributed by atoms with van der Waals surface area (Å²) in [7, 11) is 1.72. The SMILES string of the molecule is CCn1cnc(-c2ccc3c(ccn3CCOC)c2)n1. The Balaban J connectivity index is 1.95. The van der Waals surface area contributed by atoms with E-state index in [1.54, 1.807) is 13.4 Å². The van der Waals surface area contributed by atoms with Crippen LogP contribution in [-0.2, 0) is 17.8 Å². The third kappa shape index (κ3) is 2.32. The number of hydrogen-bond acceptors (Lipinski definition) is 3. The number of aryl methyl sites for hydroxylation is 1. The van der Waals surface area contributed by atoms with Crippen LogP contribution in [0.15, 0.2) is 36.8 Å². The van der Waals surface area contributed by atoms with E-state index >= 15 is 0 Å². The van der Waals surface area contributed by atoms with Gasteiger partial charge in [-0.25, -0.2) is 4.98 Å². The van der Waals surface area contributed by atoms with Gasteiger partial charge >= 0.3 is 0 Å². The molecule has 104 valence electrons. The zero-order chi connectivity index (χ0) is 13.9. The van der Waals surface area contributed by atoms with Gasteiger partial charge in [-0.2, -0.15) is 5.10 Å². The summed E-state index contributed by atoms with van der Waals surface area (Å²) in [4.78, 5) is 4.35. The molecule has 0 saturated carbocycles. The van der Waals surface area contributed by atoms with Crippen molar-refractivity contribution in [3.8, 4) is 11.4 Å². The van der Waals surface area contributed by atoms with Crippen molar-refractivity contribution < 1.29 is 4.74 Å². The topological polar surface area (TPSA) is 44.9 Å². The Kier molecular flexibility index (Phi) is 3.52. The van der Waals surface area contributed by atoms with Gasteiger partial charge < -0.3 is 9.30 Å². The van der Waals surface area contributed by atoms with Crippen LogP contribution in [0.5, 0.6) is 0 Å². The van der Waals surface area contributed by atoms with Crippen molar-refractivity contribution in [2.45, 2.75) is 20.0 Å². The molecular weight excluding hydrogens is 252 g/mol. The summed E-state index contributed by atoms with van der Waals surface area (Å²) in [6.45, 7) is 4.47. The van der Waals surface area contributed by atoms with E-state index in [9.17, 15) is 0 Å². The van der Waals surface area contributed by atoms with Gasteiger partial charge in [-0.1, -0.05) is 0 Å². The first kappa shape index (κ1) is 12.9. The van der Waals surface area contributed by atoms with Crippen LogP contribution in [0.2, 0.25) is 0 Å². The minimum absolute atomic E-state index is 0.716. The number of fused-ring (bicyclic) bond motifs is 1. The summed E-state index contributed by atoms with van der Waals surface area (Å²) in [5.41, 5.74) is 2.26. The molecule has 5 heteroatoms. The van der Waals surface area contributed by atoms with E-state index in [1.165, 1.54) is 10.9 Å². The van der Waals surface area contributed by atoms with E-state index in [-0.39, 0.29) is 0 Å². The van der Waals surface area contributed by atoms with E-state index in [0.717, 1.165) is 24.5 Å². The highest BCUT2D eigenvalue weighted by Gasteiger charge is 2.07. The van der Waals surface area contributed by atoms with Crippen LogP contribution in [0.25, 0.3) is 22.3 Å². The fraction of sp³-hybridized carbons (Fsp3) is 0.333. The van der Waals surface area contributed by atoms with Crippen LogP contribution >= 0.6 is 0 Å². The monoisotopic (exact) mass is 270 g/mol. The molecule has 0 bridgehead atoms. The van der Waals surface area contributed by atoms with Gasteiger partial charge in [0.25, 0.3) is 0 Å². The summed E-state index contributed by atoms with van der Waals surface area (Å²) in [6, 6.07) is 8.44. The van der Waals surface area contributed by atoms with Crippen molar-refractivity contribution in [2.24, 2.45) is 0 Å². The van der Waals surface area contributed by atoms with Crippen molar-refractivity contribution >= 4 is 10.9 Å². The molecule has 0 radical (unpaired) electrons. The normalized spacial score (nSPS) is 11.3. The second kappa shape index (κ2) is 5.46. The molecule has 1 aromatic carbocycles. The molecule has 0 atom stereocenters. The Morgan fingerprint density at radius 2 is 2.15 bits per heavy atom. The van der Waals surface area contributed by atoms with E-state index < -0.39 is 0 Å². The first-order chi connectivity index (χ1) is 9.81. The predicted octanol–water partition coefficient (Wildman–Crippen LogP) is 2.57. The van der Waals surface area contributed by atoms with Gasteiger partial charge in [0.1, 0.15) is 6.33 Å². The highest BCUT2D eigenvalue weighted by atomic mass is 16.5. The number of hydrogen-bond donors (Lipinski definition) is 0. The molecule has 0 fully saturated rings. The third-order valence-corrected chi connectivity index (χ3v) is 3.43. The van der Waals surface area contributed by atoms with Crippen LogP contribution in [-0.4, -0.2) is 33.0 Å². The lowest BCUT2D eigenvalue weighted by molar-refractivity contribution is 0.188. The molecule has 2 aromatic heterocycles. The molecule has 3 aromatic rings. The van der Waals surface area contributed by atoms with Crippen molar-refractivity contribution in [1.82, 2.24) is 19.3 Å². The smallest absolute Gasteiger partial charge is 0.181 e. The second-order valence-corrected chi connectivity index (χ2v) is 4.70. The van der Waals surface area contributed by atoms with Crippen LogP contribution < -0.4 is 0 Å². The minimum Gasteiger partial charge on any atom is -0.383 e. The first-order valence-corrected chi connectivity index (χ1v) is 6.79. The summed E-state index contributed by atoms with van der Waals surface area (Å²) in [6.07, 6.45) is 3.86. The fourth-order valence-electron chi connectivity index (χ4n) is 2.30. The van der Waals surface area contributed by atoms with Gasteiger partial charge in [0.15, 0.2) is 5.82 Å². The summed E-state index contributed by atoms with van der Waals surface area (Å²) < 4.78 is 9.16. The molecule has 0 aliphatic carbocycles. The van der Waals surface area contributed by atoms with Gasteiger partial charge in [-0.15, -0.1) is 0 Å². The lowest BCUT2D eigenvalue weighted by Crippen LogP contribution is -2.02. The van der Waals surface area contributed by atoms with Crippen molar-refractivity contribution in [2.75, 3.05) is 13.7 Å². The number of ether oxygens (including phenoxy) is 1. The lowest BCUT2D eigenvalue weighted by Gasteiger charge is -2.04. The van der Waals surface area contributed by atoms with E-state index in [0.29, 0.717) is 6.61 Å². The fourth-order valence-corrected chi connectivity index (χ4v) is 2.30. The van der Waals surface area contributed by atoms with Gasteiger partial charge in [-0.05, 0) is 31.2 Å². The maximum atomic E-state index is 5.13. The standard InChI is InChI=1S/C15H18N4O/c1-3-19-11-16-15(17-19)13-4-5-14-12(10-13)6-7-18(14)8-9-20-2/h4-7,10-11H,3,8-9H2,1-2H3. The van der Waals surface area contributed by atoms with E-state index in [2.05, 4.69) is 52.0 Å². The molecule has 0 amide bonds. The summed E-state index contributed by atoms with van der Waals surface area (Å²) >= 11 is 0. The third-order valence-electron chi connectivity index (χ3n) is 3.43. The number of nitrogens with zero attached hydrogens (tertiary/aromatic N) is 4. The van der Waals surface area contributed by atoms with Crippen molar-refractivity contribution in [3.63, 3.8) is 0 Å². The highest BCUT2D eigenvalue weighted by molar-refractivity contribution is 5.84. The van der Waals surface area contributed by atoms with E-state index in [4.69, 9.17) is 4.74 Å². The Morgan fingerprint density at radius 1 is 1.25 bits per heavy atom. The molecule has 0 spiro atoms. The maximum absolute atomic E-state index is 5.13. The Bertz CT molecular complexity index is 714. The van der Waals surface area contributed by atoms with Crippen LogP contribution in [0, 0.1) is 0 Å². The van der Waals surface area contributed by atoms with Crippen LogP contribution in [0.3, 0.4) is 0 Å². The van der Waals surface area contributed by atoms with Gasteiger partial charge in [0, 0.05) is 42.9 Å². The predicted molar refractivity (Wildman–Crippen MR) is 78.5 cm³/mol. The van der Waals surface area contributed by atoms with Crippen LogP contribution in [0.4, 0.5) is 0 Å². The number of methoxy groups -OCH3 is 1. The molecule has 0 N–H and O–H groups in total. The Morgan fingerprint density at radius 3 is 2.90 bits per heavy atom. The Labute approximate surface area is 117 Å². The number of benzene rings is 1. The maximum Gasteiger partial charge on any atom is 0.181 e. The van der Waals surface area contributed by atoms with Crippen LogP contribution in [0.1, 0.15) is 6.92 Å². The second-order valence-electron chi connectivity index (χ2n) is 4.70.